The van der Waals surface area contributed by atoms with E-state index in [4.69, 9.17) is 0 Å². The number of hydrogen-bond acceptors (Lipinski definition) is 1. The van der Waals surface area contributed by atoms with Crippen molar-refractivity contribution in [3.63, 3.8) is 0 Å². The van der Waals surface area contributed by atoms with E-state index in [0.29, 0.717) is 0 Å². The van der Waals surface area contributed by atoms with Crippen LogP contribution in [0.4, 0.5) is 0 Å². The van der Waals surface area contributed by atoms with Crippen LogP contribution < -0.4 is 10.2 Å². The van der Waals surface area contributed by atoms with Crippen molar-refractivity contribution in [3.05, 3.63) is 0 Å². The van der Waals surface area contributed by atoms with Crippen LogP contribution in [0.25, 0.3) is 0 Å². The predicted molar refractivity (Wildman–Crippen MR) is 54.7 cm³/mol. The van der Waals surface area contributed by atoms with Crippen molar-refractivity contribution in [1.82, 2.24) is 10.2 Å². The lowest BCUT2D eigenvalue weighted by atomic mass is 10.1. The second-order valence-electron chi connectivity index (χ2n) is 4.57. The van der Waals surface area contributed by atoms with Crippen LogP contribution in [-0.2, 0) is 4.57 Å². The Morgan fingerprint density at radius 3 is 1.92 bits per heavy atom. The summed E-state index contributed by atoms with van der Waals surface area (Å²) in [5.74, 6) is 0. The molecule has 12 heavy (non-hydrogen) atoms. The molecule has 4 heteroatoms. The summed E-state index contributed by atoms with van der Waals surface area (Å²) in [6, 6.07) is 0.246. The summed E-state index contributed by atoms with van der Waals surface area (Å²) in [4.78, 5) is 0. The highest BCUT2D eigenvalue weighted by atomic mass is 31.2. The zero-order chi connectivity index (χ0) is 9.99. The Kier molecular flexibility index (Phi) is 3.95. The molecule has 0 heterocycles. The van der Waals surface area contributed by atoms with Gasteiger partial charge in [-0.2, -0.15) is 0 Å². The highest BCUT2D eigenvalue weighted by Gasteiger charge is 2.22. The predicted octanol–water partition coefficient (Wildman–Crippen LogP) is 2.20. The maximum Gasteiger partial charge on any atom is 0.209 e. The van der Waals surface area contributed by atoms with E-state index in [1.165, 1.54) is 0 Å². The van der Waals surface area contributed by atoms with Gasteiger partial charge < -0.3 is 0 Å². The molecule has 0 aliphatic heterocycles. The third-order valence-electron chi connectivity index (χ3n) is 1.05. The smallest absolute Gasteiger partial charge is 0.209 e. The summed E-state index contributed by atoms with van der Waals surface area (Å²) in [6.07, 6.45) is 0. The average molecular weight is 192 g/mol. The highest BCUT2D eigenvalue weighted by molar-refractivity contribution is 7.59. The number of nitrogens with one attached hydrogen (secondary N) is 2. The Morgan fingerprint density at radius 1 is 1.25 bits per heavy atom. The van der Waals surface area contributed by atoms with Gasteiger partial charge in [-0.1, -0.05) is 0 Å². The number of hydrogen-bond donors (Lipinski definition) is 2. The first-order chi connectivity index (χ1) is 5.12. The second kappa shape index (κ2) is 3.91. The van der Waals surface area contributed by atoms with Gasteiger partial charge in [-0.25, -0.2) is 0 Å². The molecule has 0 bridgehead atoms. The molecule has 0 fully saturated rings. The van der Waals surface area contributed by atoms with Crippen molar-refractivity contribution >= 4 is 7.44 Å². The van der Waals surface area contributed by atoms with Crippen LogP contribution in [0.1, 0.15) is 34.6 Å². The molecular weight excluding hydrogens is 171 g/mol. The SMILES string of the molecule is CC(C)NP(C)(=O)NC(C)(C)C. The lowest BCUT2D eigenvalue weighted by Gasteiger charge is -2.27. The molecule has 0 aromatic heterocycles. The van der Waals surface area contributed by atoms with Gasteiger partial charge in [-0.05, 0) is 34.6 Å². The molecule has 3 nitrogen and oxygen atoms in total. The first-order valence-electron chi connectivity index (χ1n) is 4.27. The van der Waals surface area contributed by atoms with Crippen molar-refractivity contribution in [1.29, 1.82) is 0 Å². The molecule has 1 atom stereocenters. The van der Waals surface area contributed by atoms with E-state index in [9.17, 15) is 4.57 Å². The van der Waals surface area contributed by atoms with Crippen LogP contribution in [0.15, 0.2) is 0 Å². The van der Waals surface area contributed by atoms with E-state index in [-0.39, 0.29) is 11.6 Å². The molecule has 2 N–H and O–H groups in total. The second-order valence-corrected chi connectivity index (χ2v) is 6.90. The third-order valence-corrected chi connectivity index (χ3v) is 3.16. The maximum absolute atomic E-state index is 11.8. The lowest BCUT2D eigenvalue weighted by molar-refractivity contribution is 0.480. The minimum Gasteiger partial charge on any atom is -0.290 e. The van der Waals surface area contributed by atoms with Gasteiger partial charge in [-0.3, -0.25) is 14.7 Å². The van der Waals surface area contributed by atoms with Gasteiger partial charge in [0.25, 0.3) is 0 Å². The molecule has 0 aliphatic carbocycles. The van der Waals surface area contributed by atoms with E-state index in [1.54, 1.807) is 6.66 Å². The van der Waals surface area contributed by atoms with Crippen LogP contribution >= 0.6 is 7.44 Å². The quantitative estimate of drug-likeness (QED) is 0.673. The van der Waals surface area contributed by atoms with Crippen molar-refractivity contribution < 1.29 is 4.57 Å². The van der Waals surface area contributed by atoms with Gasteiger partial charge in [0.2, 0.25) is 7.44 Å². The van der Waals surface area contributed by atoms with E-state index in [2.05, 4.69) is 10.2 Å². The Bertz CT molecular complexity index is 184. The Morgan fingerprint density at radius 2 is 1.67 bits per heavy atom. The molecule has 1 unspecified atom stereocenters. The largest absolute Gasteiger partial charge is 0.290 e. The summed E-state index contributed by atoms with van der Waals surface area (Å²) in [7, 11) is -2.37. The molecule has 0 aliphatic rings. The fraction of sp³-hybridized carbons (Fsp3) is 1.00. The van der Waals surface area contributed by atoms with Crippen LogP contribution in [0.5, 0.6) is 0 Å². The molecule has 0 spiro atoms. The molecule has 0 amide bonds. The fourth-order valence-electron chi connectivity index (χ4n) is 1.17. The lowest BCUT2D eigenvalue weighted by Crippen LogP contribution is -2.38. The summed E-state index contributed by atoms with van der Waals surface area (Å²) < 4.78 is 11.8. The van der Waals surface area contributed by atoms with Crippen LogP contribution in [0.2, 0.25) is 0 Å². The minimum atomic E-state index is -2.37. The molecule has 0 aromatic carbocycles. The molecule has 0 aromatic rings. The van der Waals surface area contributed by atoms with Crippen molar-refractivity contribution in [3.8, 4) is 0 Å². The first-order valence-corrected chi connectivity index (χ1v) is 6.42. The molecule has 0 rings (SSSR count). The van der Waals surface area contributed by atoms with Gasteiger partial charge in [0.05, 0.1) is 0 Å². The van der Waals surface area contributed by atoms with Crippen molar-refractivity contribution in [2.45, 2.75) is 46.2 Å². The normalized spacial score (nSPS) is 17.9. The average Bonchev–Trinajstić information content (AvgIpc) is 1.48. The zero-order valence-electron chi connectivity index (χ0n) is 8.93. The van der Waals surface area contributed by atoms with E-state index in [0.717, 1.165) is 0 Å². The Labute approximate surface area is 75.8 Å². The molecule has 0 saturated heterocycles. The standard InChI is InChI=1S/C8H21N2OP/c1-7(2)9-12(6,11)10-8(3,4)5/h7H,1-6H3,(H2,9,10,11). The molecule has 0 saturated carbocycles. The summed E-state index contributed by atoms with van der Waals surface area (Å²) in [5.41, 5.74) is -0.105. The minimum absolute atomic E-state index is 0.105. The van der Waals surface area contributed by atoms with Gasteiger partial charge >= 0.3 is 0 Å². The summed E-state index contributed by atoms with van der Waals surface area (Å²) in [6.45, 7) is 11.7. The van der Waals surface area contributed by atoms with E-state index < -0.39 is 7.44 Å². The van der Waals surface area contributed by atoms with Crippen LogP contribution in [0.3, 0.4) is 0 Å². The van der Waals surface area contributed by atoms with Crippen molar-refractivity contribution in [2.24, 2.45) is 0 Å². The van der Waals surface area contributed by atoms with Crippen molar-refractivity contribution in [2.75, 3.05) is 6.66 Å². The Hall–Kier alpha value is 0.150. The highest BCUT2D eigenvalue weighted by Crippen LogP contribution is 2.34. The molecule has 74 valence electrons. The van der Waals surface area contributed by atoms with Gasteiger partial charge in [0, 0.05) is 18.2 Å². The Balaban J connectivity index is 4.15. The maximum atomic E-state index is 11.8. The van der Waals surface area contributed by atoms with Gasteiger partial charge in [0.1, 0.15) is 0 Å². The van der Waals surface area contributed by atoms with Crippen LogP contribution in [-0.4, -0.2) is 18.2 Å². The summed E-state index contributed by atoms with van der Waals surface area (Å²) in [5, 5.41) is 6.09. The number of rotatable bonds is 3. The zero-order valence-corrected chi connectivity index (χ0v) is 9.83. The summed E-state index contributed by atoms with van der Waals surface area (Å²) >= 11 is 0. The third kappa shape index (κ3) is 6.84. The molecule has 0 radical (unpaired) electrons. The van der Waals surface area contributed by atoms with Gasteiger partial charge in [0.15, 0.2) is 0 Å². The topological polar surface area (TPSA) is 41.1 Å². The van der Waals surface area contributed by atoms with Crippen LogP contribution in [0, 0.1) is 0 Å². The van der Waals surface area contributed by atoms with E-state index >= 15 is 0 Å². The fourth-order valence-corrected chi connectivity index (χ4v) is 3.50. The monoisotopic (exact) mass is 192 g/mol. The van der Waals surface area contributed by atoms with Gasteiger partial charge in [-0.15, -0.1) is 0 Å². The molecular formula is C8H21N2OP. The first kappa shape index (κ1) is 12.2. The van der Waals surface area contributed by atoms with E-state index in [1.807, 2.05) is 34.6 Å².